The van der Waals surface area contributed by atoms with Crippen LogP contribution in [-0.4, -0.2) is 48.2 Å². The summed E-state index contributed by atoms with van der Waals surface area (Å²) >= 11 is 0. The minimum absolute atomic E-state index is 0.0659. The van der Waals surface area contributed by atoms with Crippen LogP contribution in [0.5, 0.6) is 0 Å². The third kappa shape index (κ3) is 9.28. The molecule has 0 aromatic rings. The van der Waals surface area contributed by atoms with E-state index in [0.29, 0.717) is 25.2 Å². The highest BCUT2D eigenvalue weighted by Gasteiger charge is 2.27. The van der Waals surface area contributed by atoms with Crippen molar-refractivity contribution >= 4 is 17.8 Å². The normalized spacial score (nSPS) is 25.8. The van der Waals surface area contributed by atoms with Crippen LogP contribution in [-0.2, 0) is 19.1 Å². The molecule has 1 aliphatic heterocycles. The summed E-state index contributed by atoms with van der Waals surface area (Å²) in [6.07, 6.45) is 13.0. The first-order valence-electron chi connectivity index (χ1n) is 11.5. The molecule has 0 bridgehead atoms. The monoisotopic (exact) mass is 422 g/mol. The molecule has 1 aliphatic carbocycles. The molecule has 0 aromatic heterocycles. The van der Waals surface area contributed by atoms with E-state index in [1.165, 1.54) is 19.3 Å². The Morgan fingerprint density at radius 2 is 2.00 bits per heavy atom. The molecule has 0 radical (unpaired) electrons. The topological polar surface area (TPSA) is 105 Å². The molecule has 0 saturated heterocycles. The van der Waals surface area contributed by atoms with Gasteiger partial charge in [0.1, 0.15) is 6.61 Å². The average Bonchev–Trinajstić information content (AvgIpc) is 2.74. The number of aliphatic hydroxyl groups is 1. The number of carbonyl (C=O) groups excluding carboxylic acids is 3. The predicted molar refractivity (Wildman–Crippen MR) is 114 cm³/mol. The number of amides is 2. The second-order valence-corrected chi connectivity index (χ2v) is 8.78. The lowest BCUT2D eigenvalue weighted by Crippen LogP contribution is -2.45. The largest absolute Gasteiger partial charge is 0.463 e. The zero-order valence-corrected chi connectivity index (χ0v) is 18.2. The van der Waals surface area contributed by atoms with Gasteiger partial charge in [0.2, 0.25) is 11.8 Å². The van der Waals surface area contributed by atoms with Crippen LogP contribution < -0.4 is 10.6 Å². The van der Waals surface area contributed by atoms with E-state index in [0.717, 1.165) is 25.7 Å². The van der Waals surface area contributed by atoms with E-state index in [1.807, 2.05) is 12.2 Å². The maximum absolute atomic E-state index is 13.0. The van der Waals surface area contributed by atoms with Crippen molar-refractivity contribution < 1.29 is 24.2 Å². The van der Waals surface area contributed by atoms with Gasteiger partial charge in [-0.25, -0.2) is 0 Å². The molecule has 30 heavy (non-hydrogen) atoms. The lowest BCUT2D eigenvalue weighted by atomic mass is 9.84. The maximum Gasteiger partial charge on any atom is 0.305 e. The molecular formula is C23H38N2O5. The zero-order chi connectivity index (χ0) is 21.8. The van der Waals surface area contributed by atoms with Gasteiger partial charge in [-0.3, -0.25) is 14.4 Å². The van der Waals surface area contributed by atoms with E-state index < -0.39 is 5.92 Å². The number of cyclic esters (lactones) is 1. The molecule has 2 rings (SSSR count). The van der Waals surface area contributed by atoms with Crippen molar-refractivity contribution in [2.75, 3.05) is 13.2 Å². The first kappa shape index (κ1) is 24.4. The van der Waals surface area contributed by atoms with Gasteiger partial charge in [-0.15, -0.1) is 0 Å². The Bertz CT molecular complexity index is 586. The van der Waals surface area contributed by atoms with Crippen molar-refractivity contribution in [2.45, 2.75) is 89.6 Å². The van der Waals surface area contributed by atoms with Crippen molar-refractivity contribution in [1.29, 1.82) is 0 Å². The summed E-state index contributed by atoms with van der Waals surface area (Å²) in [5.74, 6) is -0.602. The first-order valence-corrected chi connectivity index (χ1v) is 11.5. The van der Waals surface area contributed by atoms with Gasteiger partial charge >= 0.3 is 5.97 Å². The Balaban J connectivity index is 2.05. The molecule has 0 unspecified atom stereocenters. The lowest BCUT2D eigenvalue weighted by molar-refractivity contribution is -0.145. The van der Waals surface area contributed by atoms with Gasteiger partial charge in [-0.05, 0) is 38.5 Å². The number of rotatable bonds is 6. The summed E-state index contributed by atoms with van der Waals surface area (Å²) in [4.78, 5) is 37.3. The molecule has 2 aliphatic rings. The summed E-state index contributed by atoms with van der Waals surface area (Å²) in [5, 5.41) is 14.9. The number of ether oxygens (including phenoxy) is 1. The molecule has 1 saturated carbocycles. The molecule has 3 atom stereocenters. The van der Waals surface area contributed by atoms with Gasteiger partial charge in [0.05, 0.1) is 18.6 Å². The Hall–Kier alpha value is -1.89. The van der Waals surface area contributed by atoms with Crippen molar-refractivity contribution in [3.05, 3.63) is 12.2 Å². The Labute approximate surface area is 180 Å². The minimum atomic E-state index is -0.488. The fourth-order valence-corrected chi connectivity index (χ4v) is 4.21. The summed E-state index contributed by atoms with van der Waals surface area (Å²) in [6, 6.07) is -0.569. The molecule has 3 N–H and O–H groups in total. The van der Waals surface area contributed by atoms with Gasteiger partial charge in [0.15, 0.2) is 0 Å². The number of esters is 1. The van der Waals surface area contributed by atoms with Crippen LogP contribution >= 0.6 is 0 Å². The third-order valence-corrected chi connectivity index (χ3v) is 5.96. The molecular weight excluding hydrogens is 384 g/mol. The average molecular weight is 423 g/mol. The lowest BCUT2D eigenvalue weighted by Gasteiger charge is -2.28. The first-order chi connectivity index (χ1) is 14.5. The molecule has 7 heteroatoms. The van der Waals surface area contributed by atoms with Crippen molar-refractivity contribution in [1.82, 2.24) is 10.6 Å². The Kier molecular flexibility index (Phi) is 10.9. The number of allylic oxidation sites excluding steroid dienone is 2. The second kappa shape index (κ2) is 13.4. The number of hydrogen-bond donors (Lipinski definition) is 3. The highest BCUT2D eigenvalue weighted by atomic mass is 16.5. The highest BCUT2D eigenvalue weighted by molar-refractivity contribution is 5.86. The summed E-state index contributed by atoms with van der Waals surface area (Å²) in [7, 11) is 0. The standard InChI is InChI=1S/C23H38N2O5/c1-17(15-26)24-21(27)14-19-11-7-2-3-8-12-22(28)30-16-20(25-23(19)29)13-18-9-5-4-6-10-18/h2,7,17-20,26H,3-6,8-16H2,1H3,(H,24,27)(H,25,29)/t17-,19-,20+/m1/s1. The van der Waals surface area contributed by atoms with Crippen LogP contribution in [0.4, 0.5) is 0 Å². The molecule has 0 spiro atoms. The SMILES string of the molecule is C[C@H](CO)NC(=O)C[C@H]1CC=CCCCC(=O)OC[C@H](CC2CCCCC2)NC1=O. The molecule has 1 heterocycles. The molecule has 7 nitrogen and oxygen atoms in total. The molecule has 1 fully saturated rings. The van der Waals surface area contributed by atoms with Crippen LogP contribution in [0, 0.1) is 11.8 Å². The number of aliphatic hydroxyl groups excluding tert-OH is 1. The second-order valence-electron chi connectivity index (χ2n) is 8.78. The van der Waals surface area contributed by atoms with Crippen molar-refractivity contribution in [3.63, 3.8) is 0 Å². The van der Waals surface area contributed by atoms with E-state index in [2.05, 4.69) is 10.6 Å². The van der Waals surface area contributed by atoms with Crippen LogP contribution in [0.1, 0.15) is 77.6 Å². The van der Waals surface area contributed by atoms with Crippen molar-refractivity contribution in [3.8, 4) is 0 Å². The van der Waals surface area contributed by atoms with E-state index in [9.17, 15) is 14.4 Å². The van der Waals surface area contributed by atoms with Gasteiger partial charge in [0.25, 0.3) is 0 Å². The van der Waals surface area contributed by atoms with E-state index in [4.69, 9.17) is 9.84 Å². The third-order valence-electron chi connectivity index (χ3n) is 5.96. The molecule has 2 amide bonds. The Morgan fingerprint density at radius 1 is 1.23 bits per heavy atom. The summed E-state index contributed by atoms with van der Waals surface area (Å²) < 4.78 is 5.46. The summed E-state index contributed by atoms with van der Waals surface area (Å²) in [5.41, 5.74) is 0. The Morgan fingerprint density at radius 3 is 2.73 bits per heavy atom. The van der Waals surface area contributed by atoms with Crippen molar-refractivity contribution in [2.24, 2.45) is 11.8 Å². The predicted octanol–water partition coefficient (Wildman–Crippen LogP) is 2.62. The smallest absolute Gasteiger partial charge is 0.305 e. The number of carbonyl (C=O) groups is 3. The molecule has 170 valence electrons. The minimum Gasteiger partial charge on any atom is -0.463 e. The molecule has 0 aromatic carbocycles. The fraction of sp³-hybridized carbons (Fsp3) is 0.783. The van der Waals surface area contributed by atoms with Crippen LogP contribution in [0.2, 0.25) is 0 Å². The summed E-state index contributed by atoms with van der Waals surface area (Å²) in [6.45, 7) is 1.77. The van der Waals surface area contributed by atoms with Gasteiger partial charge in [0, 0.05) is 18.9 Å². The zero-order valence-electron chi connectivity index (χ0n) is 18.2. The van der Waals surface area contributed by atoms with Crippen LogP contribution in [0.25, 0.3) is 0 Å². The highest BCUT2D eigenvalue weighted by Crippen LogP contribution is 2.27. The van der Waals surface area contributed by atoms with E-state index in [1.54, 1.807) is 6.92 Å². The van der Waals surface area contributed by atoms with Gasteiger partial charge in [-0.2, -0.15) is 0 Å². The van der Waals surface area contributed by atoms with Gasteiger partial charge < -0.3 is 20.5 Å². The van der Waals surface area contributed by atoms with Crippen LogP contribution in [0.15, 0.2) is 12.2 Å². The number of nitrogens with one attached hydrogen (secondary N) is 2. The van der Waals surface area contributed by atoms with Crippen LogP contribution in [0.3, 0.4) is 0 Å². The van der Waals surface area contributed by atoms with E-state index in [-0.39, 0.29) is 49.5 Å². The maximum atomic E-state index is 13.0. The number of hydrogen-bond acceptors (Lipinski definition) is 5. The quantitative estimate of drug-likeness (QED) is 0.451. The van der Waals surface area contributed by atoms with Gasteiger partial charge in [-0.1, -0.05) is 44.3 Å². The fourth-order valence-electron chi connectivity index (χ4n) is 4.21. The van der Waals surface area contributed by atoms with E-state index >= 15 is 0 Å².